The summed E-state index contributed by atoms with van der Waals surface area (Å²) in [6.07, 6.45) is 6.62. The molecule has 0 radical (unpaired) electrons. The van der Waals surface area contributed by atoms with Gasteiger partial charge in [-0.15, -0.1) is 0 Å². The van der Waals surface area contributed by atoms with E-state index in [0.717, 1.165) is 17.2 Å². The van der Waals surface area contributed by atoms with Crippen LogP contribution in [0.2, 0.25) is 0 Å². The van der Waals surface area contributed by atoms with Crippen molar-refractivity contribution in [3.63, 3.8) is 0 Å². The van der Waals surface area contributed by atoms with Crippen molar-refractivity contribution >= 4 is 62.0 Å². The van der Waals surface area contributed by atoms with Gasteiger partial charge in [-0.3, -0.25) is 0 Å². The lowest BCUT2D eigenvalue weighted by atomic mass is 9.33. The molecule has 1 fully saturated rings. The lowest BCUT2D eigenvalue weighted by molar-refractivity contribution is 0.444. The van der Waals surface area contributed by atoms with E-state index in [4.69, 9.17) is 4.74 Å². The normalized spacial score (nSPS) is 15.6. The van der Waals surface area contributed by atoms with E-state index in [2.05, 4.69) is 172 Å². The van der Waals surface area contributed by atoms with E-state index in [1.54, 1.807) is 0 Å². The van der Waals surface area contributed by atoms with E-state index < -0.39 is 0 Å². The number of para-hydroxylation sites is 2. The molecule has 0 unspecified atom stereocenters. The number of hydrogen-bond acceptors (Lipinski definition) is 2. The van der Waals surface area contributed by atoms with Crippen molar-refractivity contribution in [2.75, 3.05) is 4.90 Å². The van der Waals surface area contributed by atoms with Gasteiger partial charge in [-0.25, -0.2) is 0 Å². The Morgan fingerprint density at radius 3 is 2.07 bits per heavy atom. The fourth-order valence-electron chi connectivity index (χ4n) is 9.65. The maximum atomic E-state index is 6.84. The summed E-state index contributed by atoms with van der Waals surface area (Å²) < 4.78 is 9.42. The molecule has 7 aromatic rings. The first-order valence-electron chi connectivity index (χ1n) is 20.1. The lowest BCUT2D eigenvalue weighted by Crippen LogP contribution is -2.60. The number of benzene rings is 6. The highest BCUT2D eigenvalue weighted by Gasteiger charge is 2.44. The summed E-state index contributed by atoms with van der Waals surface area (Å²) in [4.78, 5) is 2.52. The van der Waals surface area contributed by atoms with Gasteiger partial charge in [0, 0.05) is 22.1 Å². The predicted octanol–water partition coefficient (Wildman–Crippen LogP) is 11.8. The van der Waals surface area contributed by atoms with Crippen LogP contribution in [-0.2, 0) is 10.8 Å². The molecular formula is C50H49BN2O. The molecule has 0 atom stereocenters. The van der Waals surface area contributed by atoms with E-state index in [1.807, 2.05) is 0 Å². The molecule has 0 spiro atoms. The van der Waals surface area contributed by atoms with Crippen LogP contribution in [0.4, 0.5) is 17.1 Å². The van der Waals surface area contributed by atoms with Crippen LogP contribution in [0.1, 0.15) is 96.3 Å². The minimum absolute atomic E-state index is 0.000262. The zero-order valence-electron chi connectivity index (χ0n) is 32.5. The highest BCUT2D eigenvalue weighted by atomic mass is 16.5. The number of rotatable bonds is 3. The van der Waals surface area contributed by atoms with Crippen molar-refractivity contribution in [3.05, 3.63) is 138 Å². The fraction of sp³-hybridized carbons (Fsp3) is 0.280. The minimum atomic E-state index is -0.0880. The third-order valence-corrected chi connectivity index (χ3v) is 12.5. The molecule has 1 aromatic heterocycles. The van der Waals surface area contributed by atoms with Crippen molar-refractivity contribution in [2.24, 2.45) is 0 Å². The molecule has 3 heterocycles. The molecule has 268 valence electrons. The SMILES string of the molecule is CC(C)(C)c1ccc2c(c1)B1c3cc(C(C)(C)C)cc(-n4c5ccccc5c5cc(C6CCCCC6)ccc54)c3N(c3ccccc3)c3cccc(c31)O2. The molecule has 4 heteroatoms. The second-order valence-electron chi connectivity index (χ2n) is 18.0. The zero-order valence-corrected chi connectivity index (χ0v) is 32.5. The van der Waals surface area contributed by atoms with Crippen LogP contribution in [0.5, 0.6) is 11.5 Å². The molecule has 6 aromatic carbocycles. The van der Waals surface area contributed by atoms with Gasteiger partial charge in [0.2, 0.25) is 0 Å². The Morgan fingerprint density at radius 2 is 1.30 bits per heavy atom. The van der Waals surface area contributed by atoms with Gasteiger partial charge in [0.25, 0.3) is 6.71 Å². The molecule has 1 saturated carbocycles. The Morgan fingerprint density at radius 1 is 0.574 bits per heavy atom. The number of anilines is 3. The first kappa shape index (κ1) is 33.4. The number of fused-ring (bicyclic) bond motifs is 7. The van der Waals surface area contributed by atoms with Gasteiger partial charge in [0.15, 0.2) is 0 Å². The molecule has 0 amide bonds. The summed E-state index contributed by atoms with van der Waals surface area (Å²) in [7, 11) is 0. The molecular weight excluding hydrogens is 655 g/mol. The van der Waals surface area contributed by atoms with Gasteiger partial charge in [0.1, 0.15) is 11.5 Å². The van der Waals surface area contributed by atoms with E-state index in [-0.39, 0.29) is 17.5 Å². The van der Waals surface area contributed by atoms with E-state index in [0.29, 0.717) is 5.92 Å². The Bertz CT molecular complexity index is 2600. The molecule has 54 heavy (non-hydrogen) atoms. The maximum Gasteiger partial charge on any atom is 0.256 e. The number of nitrogens with zero attached hydrogens (tertiary/aromatic N) is 2. The number of hydrogen-bond donors (Lipinski definition) is 0. The Kier molecular flexibility index (Phi) is 7.51. The highest BCUT2D eigenvalue weighted by Crippen LogP contribution is 2.47. The quantitative estimate of drug-likeness (QED) is 0.170. The van der Waals surface area contributed by atoms with Crippen molar-refractivity contribution in [1.82, 2.24) is 4.57 Å². The van der Waals surface area contributed by atoms with Gasteiger partial charge in [-0.1, -0.05) is 128 Å². The zero-order chi connectivity index (χ0) is 36.9. The Balaban J connectivity index is 1.33. The largest absolute Gasteiger partial charge is 0.458 e. The van der Waals surface area contributed by atoms with Crippen molar-refractivity contribution in [3.8, 4) is 17.2 Å². The van der Waals surface area contributed by atoms with Gasteiger partial charge >= 0.3 is 0 Å². The average molecular weight is 705 g/mol. The topological polar surface area (TPSA) is 17.4 Å². The summed E-state index contributed by atoms with van der Waals surface area (Å²) in [6.45, 7) is 14.0. The number of aromatic nitrogens is 1. The minimum Gasteiger partial charge on any atom is -0.458 e. The smallest absolute Gasteiger partial charge is 0.256 e. The first-order valence-corrected chi connectivity index (χ1v) is 20.1. The Hall–Kier alpha value is -5.22. The van der Waals surface area contributed by atoms with Gasteiger partial charge < -0.3 is 14.2 Å². The summed E-state index contributed by atoms with van der Waals surface area (Å²) in [5, 5.41) is 2.66. The lowest BCUT2D eigenvalue weighted by Gasteiger charge is -2.42. The van der Waals surface area contributed by atoms with Crippen LogP contribution in [0.25, 0.3) is 27.5 Å². The van der Waals surface area contributed by atoms with Crippen LogP contribution >= 0.6 is 0 Å². The maximum absolute atomic E-state index is 6.84. The first-order chi connectivity index (χ1) is 26.1. The van der Waals surface area contributed by atoms with Crippen LogP contribution in [0.3, 0.4) is 0 Å². The van der Waals surface area contributed by atoms with Gasteiger partial charge in [-0.2, -0.15) is 0 Å². The molecule has 10 rings (SSSR count). The average Bonchev–Trinajstić information content (AvgIpc) is 3.50. The third-order valence-electron chi connectivity index (χ3n) is 12.5. The van der Waals surface area contributed by atoms with Gasteiger partial charge in [0.05, 0.1) is 22.4 Å². The van der Waals surface area contributed by atoms with Crippen molar-refractivity contribution < 1.29 is 4.74 Å². The Labute approximate surface area is 320 Å². The fourth-order valence-corrected chi connectivity index (χ4v) is 9.65. The van der Waals surface area contributed by atoms with Crippen molar-refractivity contribution in [1.29, 1.82) is 0 Å². The molecule has 3 nitrogen and oxygen atoms in total. The summed E-state index contributed by atoms with van der Waals surface area (Å²) in [5.74, 6) is 2.54. The molecule has 0 saturated heterocycles. The highest BCUT2D eigenvalue weighted by molar-refractivity contribution is 6.99. The van der Waals surface area contributed by atoms with Crippen LogP contribution in [0, 0.1) is 0 Å². The predicted molar refractivity (Wildman–Crippen MR) is 230 cm³/mol. The summed E-state index contributed by atoms with van der Waals surface area (Å²) >= 11 is 0. The molecule has 0 N–H and O–H groups in total. The summed E-state index contributed by atoms with van der Waals surface area (Å²) in [5.41, 5.74) is 15.1. The number of ether oxygens (including phenoxy) is 1. The van der Waals surface area contributed by atoms with E-state index >= 15 is 0 Å². The second-order valence-corrected chi connectivity index (χ2v) is 18.0. The molecule has 1 aliphatic carbocycles. The van der Waals surface area contributed by atoms with Gasteiger partial charge in [-0.05, 0) is 117 Å². The monoisotopic (exact) mass is 704 g/mol. The van der Waals surface area contributed by atoms with E-state index in [1.165, 1.54) is 104 Å². The summed E-state index contributed by atoms with van der Waals surface area (Å²) in [6, 6.07) is 45.9. The van der Waals surface area contributed by atoms with Crippen LogP contribution in [0.15, 0.2) is 121 Å². The molecule has 3 aliphatic rings. The molecule has 0 bridgehead atoms. The van der Waals surface area contributed by atoms with E-state index in [9.17, 15) is 0 Å². The molecule has 2 aliphatic heterocycles. The third kappa shape index (κ3) is 5.17. The van der Waals surface area contributed by atoms with Crippen LogP contribution in [-0.4, -0.2) is 11.3 Å². The van der Waals surface area contributed by atoms with Crippen LogP contribution < -0.4 is 26.0 Å². The van der Waals surface area contributed by atoms with Crippen molar-refractivity contribution in [2.45, 2.75) is 90.4 Å². The second kappa shape index (κ2) is 12.1. The standard InChI is InChI=1S/C50H49BN2O/c1-49(2,3)34-25-27-45-39(29-34)51-40-30-35(50(4,5)6)31-44(48(40)52(36-18-11-8-12-19-36)43-22-15-23-46(54-45)47(43)51)53-41-21-14-13-20-37(41)38-28-33(24-26-42(38)53)32-16-9-7-10-17-32/h8,11-15,18-32H,7,9-10,16-17H2,1-6H3.